The molecule has 0 unspecified atom stereocenters. The summed E-state index contributed by atoms with van der Waals surface area (Å²) in [6.45, 7) is -0.163. The zero-order valence-electron chi connectivity index (χ0n) is 11.6. The second kappa shape index (κ2) is 6.13. The van der Waals surface area contributed by atoms with Gasteiger partial charge in [0.05, 0.1) is 12.5 Å². The van der Waals surface area contributed by atoms with Crippen LogP contribution in [0.4, 0.5) is 26.3 Å². The van der Waals surface area contributed by atoms with Crippen LogP contribution in [0.25, 0.3) is 0 Å². The van der Waals surface area contributed by atoms with Crippen molar-refractivity contribution < 1.29 is 54.9 Å². The van der Waals surface area contributed by atoms with Crippen molar-refractivity contribution in [3.63, 3.8) is 0 Å². The zero-order chi connectivity index (χ0) is 18.3. The number of ether oxygens (including phenoxy) is 3. The second-order valence-corrected chi connectivity index (χ2v) is 5.35. The van der Waals surface area contributed by atoms with Gasteiger partial charge in [-0.3, -0.25) is 4.79 Å². The van der Waals surface area contributed by atoms with Crippen LogP contribution >= 0.6 is 0 Å². The molecule has 24 heavy (non-hydrogen) atoms. The Hall–Kier alpha value is -2.01. The fraction of sp³-hybridized carbons (Fsp3) is 0.750. The van der Waals surface area contributed by atoms with E-state index in [9.17, 15) is 40.7 Å². The van der Waals surface area contributed by atoms with Crippen molar-refractivity contribution in [2.24, 2.45) is 11.8 Å². The molecule has 0 bridgehead atoms. The minimum Gasteiger partial charge on any atom is -0.465 e. The van der Waals surface area contributed by atoms with Crippen LogP contribution in [-0.2, 0) is 28.6 Å². The Morgan fingerprint density at radius 2 is 1.38 bits per heavy atom. The highest BCUT2D eigenvalue weighted by Crippen LogP contribution is 2.39. The van der Waals surface area contributed by atoms with E-state index in [4.69, 9.17) is 0 Å². The third-order valence-electron chi connectivity index (χ3n) is 3.73. The van der Waals surface area contributed by atoms with Crippen molar-refractivity contribution in [1.82, 2.24) is 0 Å². The molecule has 0 radical (unpaired) electrons. The Bertz CT molecular complexity index is 541. The Morgan fingerprint density at radius 3 is 1.83 bits per heavy atom. The van der Waals surface area contributed by atoms with E-state index in [1.807, 2.05) is 0 Å². The average Bonchev–Trinajstić information content (AvgIpc) is 2.78. The molecule has 1 heterocycles. The molecule has 0 N–H and O–H groups in total. The molecule has 0 amide bonds. The molecule has 0 aromatic rings. The number of esters is 3. The van der Waals surface area contributed by atoms with E-state index >= 15 is 0 Å². The lowest BCUT2D eigenvalue weighted by atomic mass is 9.78. The van der Waals surface area contributed by atoms with Crippen molar-refractivity contribution in [3.8, 4) is 0 Å². The highest BCUT2D eigenvalue weighted by atomic mass is 19.4. The quantitative estimate of drug-likeness (QED) is 0.420. The van der Waals surface area contributed by atoms with Gasteiger partial charge in [-0.05, 0) is 6.42 Å². The van der Waals surface area contributed by atoms with Gasteiger partial charge >= 0.3 is 30.3 Å². The molecule has 1 saturated carbocycles. The van der Waals surface area contributed by atoms with Gasteiger partial charge in [-0.25, -0.2) is 9.59 Å². The molecule has 12 heteroatoms. The summed E-state index contributed by atoms with van der Waals surface area (Å²) in [6.07, 6.45) is -15.3. The number of hydrogen-bond acceptors (Lipinski definition) is 6. The zero-order valence-corrected chi connectivity index (χ0v) is 11.6. The normalized spacial score (nSPS) is 30.3. The van der Waals surface area contributed by atoms with Crippen molar-refractivity contribution in [2.45, 2.75) is 37.4 Å². The van der Waals surface area contributed by atoms with Crippen LogP contribution < -0.4 is 0 Å². The predicted molar refractivity (Wildman–Crippen MR) is 59.0 cm³/mol. The molecular weight excluding hydrogens is 354 g/mol. The smallest absolute Gasteiger partial charge is 0.465 e. The molecular formula is C12H10F6O6. The van der Waals surface area contributed by atoms with Gasteiger partial charge in [-0.15, -0.1) is 0 Å². The number of fused-ring (bicyclic) bond motifs is 1. The fourth-order valence-electron chi connectivity index (χ4n) is 2.63. The van der Waals surface area contributed by atoms with E-state index < -0.39 is 67.1 Å². The number of rotatable bonds is 2. The van der Waals surface area contributed by atoms with E-state index in [1.165, 1.54) is 0 Å². The van der Waals surface area contributed by atoms with Gasteiger partial charge in [0.15, 0.2) is 0 Å². The number of cyclic esters (lactones) is 1. The first-order chi connectivity index (χ1) is 10.9. The van der Waals surface area contributed by atoms with Gasteiger partial charge in [0.1, 0.15) is 12.2 Å². The largest absolute Gasteiger partial charge is 0.490 e. The van der Waals surface area contributed by atoms with Gasteiger partial charge in [0.25, 0.3) is 0 Å². The first kappa shape index (κ1) is 18.3. The predicted octanol–water partition coefficient (Wildman–Crippen LogP) is 1.52. The summed E-state index contributed by atoms with van der Waals surface area (Å²) >= 11 is 0. The van der Waals surface area contributed by atoms with E-state index in [0.717, 1.165) is 0 Å². The minimum absolute atomic E-state index is 0.163. The lowest BCUT2D eigenvalue weighted by molar-refractivity contribution is -0.226. The van der Waals surface area contributed by atoms with Crippen LogP contribution in [0.2, 0.25) is 0 Å². The second-order valence-electron chi connectivity index (χ2n) is 5.35. The van der Waals surface area contributed by atoms with Crippen LogP contribution in [0, 0.1) is 11.8 Å². The number of hydrogen-bond donors (Lipinski definition) is 0. The molecule has 0 aromatic heterocycles. The van der Waals surface area contributed by atoms with Gasteiger partial charge in [-0.2, -0.15) is 26.3 Å². The van der Waals surface area contributed by atoms with Crippen LogP contribution in [-0.4, -0.2) is 49.1 Å². The molecule has 2 aliphatic rings. The topological polar surface area (TPSA) is 78.9 Å². The number of halogens is 6. The maximum absolute atomic E-state index is 12.3. The first-order valence-corrected chi connectivity index (χ1v) is 6.62. The third kappa shape index (κ3) is 3.90. The van der Waals surface area contributed by atoms with E-state index in [0.29, 0.717) is 0 Å². The summed E-state index contributed by atoms with van der Waals surface area (Å²) in [6, 6.07) is 0. The standard InChI is InChI=1S/C12H10F6O6/c13-11(14,15)9(20)23-6-1-4-3-22-8(19)5(4)2-7(6)24-10(21)12(16,17)18/h4-7H,1-3H2/t4-,5-,6+,7+/m0/s1. The monoisotopic (exact) mass is 364 g/mol. The van der Waals surface area contributed by atoms with Gasteiger partial charge < -0.3 is 14.2 Å². The summed E-state index contributed by atoms with van der Waals surface area (Å²) < 4.78 is 86.6. The highest BCUT2D eigenvalue weighted by molar-refractivity contribution is 5.78. The Morgan fingerprint density at radius 1 is 0.917 bits per heavy atom. The lowest BCUT2D eigenvalue weighted by Gasteiger charge is -2.35. The Labute approximate surface area is 130 Å². The Balaban J connectivity index is 2.15. The molecule has 4 atom stereocenters. The molecule has 0 spiro atoms. The molecule has 1 saturated heterocycles. The third-order valence-corrected chi connectivity index (χ3v) is 3.73. The van der Waals surface area contributed by atoms with Crippen LogP contribution in [0.3, 0.4) is 0 Å². The van der Waals surface area contributed by atoms with Gasteiger partial charge in [0, 0.05) is 12.3 Å². The molecule has 2 rings (SSSR count). The van der Waals surface area contributed by atoms with E-state index in [-0.39, 0.29) is 6.61 Å². The van der Waals surface area contributed by atoms with Crippen molar-refractivity contribution >= 4 is 17.9 Å². The summed E-state index contributed by atoms with van der Waals surface area (Å²) in [5.74, 6) is -7.59. The van der Waals surface area contributed by atoms with Gasteiger partial charge in [0.2, 0.25) is 0 Å². The maximum Gasteiger partial charge on any atom is 0.490 e. The highest BCUT2D eigenvalue weighted by Gasteiger charge is 2.52. The summed E-state index contributed by atoms with van der Waals surface area (Å²) in [5.41, 5.74) is 0. The summed E-state index contributed by atoms with van der Waals surface area (Å²) in [4.78, 5) is 33.3. The Kier molecular flexibility index (Phi) is 4.68. The summed E-state index contributed by atoms with van der Waals surface area (Å²) in [7, 11) is 0. The number of carbonyl (C=O) groups is 3. The minimum atomic E-state index is -5.38. The van der Waals surface area contributed by atoms with E-state index in [1.54, 1.807) is 0 Å². The van der Waals surface area contributed by atoms with Gasteiger partial charge in [-0.1, -0.05) is 0 Å². The van der Waals surface area contributed by atoms with E-state index in [2.05, 4.69) is 14.2 Å². The number of carbonyl (C=O) groups excluding carboxylic acids is 3. The maximum atomic E-state index is 12.3. The van der Waals surface area contributed by atoms with Crippen LogP contribution in [0.1, 0.15) is 12.8 Å². The molecule has 0 aromatic carbocycles. The lowest BCUT2D eigenvalue weighted by Crippen LogP contribution is -2.47. The van der Waals surface area contributed by atoms with Crippen molar-refractivity contribution in [2.75, 3.05) is 6.61 Å². The average molecular weight is 364 g/mol. The SMILES string of the molecule is O=C1OC[C@@H]2C[C@@H](OC(=O)C(F)(F)F)[C@H](OC(=O)C(F)(F)F)C[C@H]12. The molecule has 1 aliphatic carbocycles. The molecule has 136 valence electrons. The van der Waals surface area contributed by atoms with Crippen molar-refractivity contribution in [3.05, 3.63) is 0 Å². The number of alkyl halides is 6. The van der Waals surface area contributed by atoms with Crippen LogP contribution in [0.5, 0.6) is 0 Å². The first-order valence-electron chi connectivity index (χ1n) is 6.62. The van der Waals surface area contributed by atoms with Crippen molar-refractivity contribution in [1.29, 1.82) is 0 Å². The fourth-order valence-corrected chi connectivity index (χ4v) is 2.63. The molecule has 1 aliphatic heterocycles. The molecule has 6 nitrogen and oxygen atoms in total. The molecule has 2 fully saturated rings. The van der Waals surface area contributed by atoms with Crippen LogP contribution in [0.15, 0.2) is 0 Å². The summed E-state index contributed by atoms with van der Waals surface area (Å²) in [5, 5.41) is 0.